The fourth-order valence-corrected chi connectivity index (χ4v) is 4.01. The van der Waals surface area contributed by atoms with Crippen molar-refractivity contribution in [3.8, 4) is 5.75 Å². The Hall–Kier alpha value is -1.62. The van der Waals surface area contributed by atoms with Gasteiger partial charge in [0.25, 0.3) is 5.91 Å². The molecule has 0 saturated carbocycles. The molecule has 156 valence electrons. The zero-order valence-electron chi connectivity index (χ0n) is 15.5. The van der Waals surface area contributed by atoms with Crippen molar-refractivity contribution >= 4 is 63.9 Å². The van der Waals surface area contributed by atoms with Crippen molar-refractivity contribution in [3.05, 3.63) is 96.9 Å². The van der Waals surface area contributed by atoms with Crippen LogP contribution in [-0.4, -0.2) is 17.4 Å². The Morgan fingerprint density at radius 2 is 1.07 bits per heavy atom. The third kappa shape index (κ3) is 5.54. The summed E-state index contributed by atoms with van der Waals surface area (Å²) < 4.78 is 5.62. The lowest BCUT2D eigenvalue weighted by molar-refractivity contribution is -0.134. The van der Waals surface area contributed by atoms with Crippen molar-refractivity contribution in [1.29, 1.82) is 0 Å². The lowest BCUT2D eigenvalue weighted by Gasteiger charge is -2.24. The Balaban J connectivity index is 1.80. The van der Waals surface area contributed by atoms with E-state index < -0.39 is 0 Å². The first kappa shape index (κ1) is 23.1. The van der Waals surface area contributed by atoms with Gasteiger partial charge < -0.3 is 9.64 Å². The standard InChI is InChI=1S/C22H16Cl5NO2/c23-17-18(24)20(26)22(21(27)19(17)25)30-13-16(29)28(11-14-7-3-1-4-8-14)12-15-9-5-2-6-10-15/h1-10H,11-13H2. The van der Waals surface area contributed by atoms with Crippen LogP contribution in [0, 0.1) is 0 Å². The maximum absolute atomic E-state index is 13.0. The molecule has 0 heterocycles. The van der Waals surface area contributed by atoms with Crippen LogP contribution in [0.3, 0.4) is 0 Å². The average molecular weight is 504 g/mol. The van der Waals surface area contributed by atoms with E-state index in [1.54, 1.807) is 4.90 Å². The zero-order valence-corrected chi connectivity index (χ0v) is 19.3. The van der Waals surface area contributed by atoms with Gasteiger partial charge in [-0.25, -0.2) is 0 Å². The van der Waals surface area contributed by atoms with Crippen LogP contribution in [0.2, 0.25) is 25.1 Å². The van der Waals surface area contributed by atoms with Gasteiger partial charge in [-0.3, -0.25) is 4.79 Å². The van der Waals surface area contributed by atoms with Crippen LogP contribution in [0.5, 0.6) is 5.75 Å². The van der Waals surface area contributed by atoms with E-state index >= 15 is 0 Å². The normalized spacial score (nSPS) is 10.7. The molecule has 0 aliphatic carbocycles. The highest BCUT2D eigenvalue weighted by molar-refractivity contribution is 6.55. The first-order valence-electron chi connectivity index (χ1n) is 8.88. The van der Waals surface area contributed by atoms with Crippen LogP contribution in [0.15, 0.2) is 60.7 Å². The molecule has 0 aromatic heterocycles. The highest BCUT2D eigenvalue weighted by Crippen LogP contribution is 2.48. The monoisotopic (exact) mass is 501 g/mol. The van der Waals surface area contributed by atoms with Crippen molar-refractivity contribution < 1.29 is 9.53 Å². The molecule has 3 rings (SSSR count). The van der Waals surface area contributed by atoms with Gasteiger partial charge in [-0.2, -0.15) is 0 Å². The molecule has 1 amide bonds. The van der Waals surface area contributed by atoms with Crippen LogP contribution in [0.1, 0.15) is 11.1 Å². The third-order valence-corrected chi connectivity index (χ3v) is 6.54. The number of carbonyl (C=O) groups excluding carboxylic acids is 1. The van der Waals surface area contributed by atoms with Crippen LogP contribution in [-0.2, 0) is 17.9 Å². The number of nitrogens with zero attached hydrogens (tertiary/aromatic N) is 1. The van der Waals surface area contributed by atoms with Crippen LogP contribution in [0.4, 0.5) is 0 Å². The summed E-state index contributed by atoms with van der Waals surface area (Å²) in [4.78, 5) is 14.7. The van der Waals surface area contributed by atoms with Crippen LogP contribution in [0.25, 0.3) is 0 Å². The van der Waals surface area contributed by atoms with Gasteiger partial charge in [0, 0.05) is 13.1 Å². The molecular formula is C22H16Cl5NO2. The number of ether oxygens (including phenoxy) is 1. The summed E-state index contributed by atoms with van der Waals surface area (Å²) in [5, 5.41) is 0.0612. The van der Waals surface area contributed by atoms with E-state index in [0.717, 1.165) is 11.1 Å². The van der Waals surface area contributed by atoms with E-state index in [-0.39, 0.29) is 43.4 Å². The summed E-state index contributed by atoms with van der Waals surface area (Å²) in [5.41, 5.74) is 1.99. The molecule has 0 aliphatic heterocycles. The Morgan fingerprint density at radius 3 is 1.50 bits per heavy atom. The van der Waals surface area contributed by atoms with E-state index in [1.807, 2.05) is 60.7 Å². The van der Waals surface area contributed by atoms with Gasteiger partial charge in [0.2, 0.25) is 0 Å². The Morgan fingerprint density at radius 1 is 0.667 bits per heavy atom. The van der Waals surface area contributed by atoms with Crippen molar-refractivity contribution in [2.45, 2.75) is 13.1 Å². The molecule has 0 bridgehead atoms. The molecule has 3 aromatic carbocycles. The van der Waals surface area contributed by atoms with Crippen molar-refractivity contribution in [2.75, 3.05) is 6.61 Å². The van der Waals surface area contributed by atoms with Gasteiger partial charge in [0.05, 0.1) is 15.1 Å². The topological polar surface area (TPSA) is 29.5 Å². The summed E-state index contributed by atoms with van der Waals surface area (Å²) in [6.45, 7) is 0.538. The minimum atomic E-state index is -0.298. The fourth-order valence-electron chi connectivity index (χ4n) is 2.78. The van der Waals surface area contributed by atoms with E-state index in [9.17, 15) is 4.79 Å². The fraction of sp³-hybridized carbons (Fsp3) is 0.136. The second kappa shape index (κ2) is 10.6. The maximum atomic E-state index is 13.0. The summed E-state index contributed by atoms with van der Waals surface area (Å²) in [6.07, 6.45) is 0. The average Bonchev–Trinajstić information content (AvgIpc) is 2.77. The number of halogens is 5. The van der Waals surface area contributed by atoms with Gasteiger partial charge in [-0.1, -0.05) is 119 Å². The molecule has 0 radical (unpaired) electrons. The largest absolute Gasteiger partial charge is 0.481 e. The Labute approximate surface area is 200 Å². The molecule has 0 aliphatic rings. The molecule has 3 aromatic rings. The van der Waals surface area contributed by atoms with Crippen molar-refractivity contribution in [2.24, 2.45) is 0 Å². The number of hydrogen-bond acceptors (Lipinski definition) is 2. The minimum Gasteiger partial charge on any atom is -0.481 e. The number of rotatable bonds is 7. The second-order valence-corrected chi connectivity index (χ2v) is 8.30. The zero-order chi connectivity index (χ0) is 21.7. The molecule has 0 fully saturated rings. The molecule has 3 nitrogen and oxygen atoms in total. The first-order chi connectivity index (χ1) is 14.4. The molecule has 8 heteroatoms. The Bertz CT molecular complexity index is 958. The Kier molecular flexibility index (Phi) is 8.15. The van der Waals surface area contributed by atoms with Gasteiger partial charge in [-0.15, -0.1) is 0 Å². The smallest absolute Gasteiger partial charge is 0.261 e. The van der Waals surface area contributed by atoms with E-state index in [4.69, 9.17) is 62.7 Å². The second-order valence-electron chi connectivity index (χ2n) is 6.41. The van der Waals surface area contributed by atoms with E-state index in [1.165, 1.54) is 0 Å². The summed E-state index contributed by atoms with van der Waals surface area (Å²) in [7, 11) is 0. The molecule has 0 N–H and O–H groups in total. The van der Waals surface area contributed by atoms with Crippen molar-refractivity contribution in [1.82, 2.24) is 4.90 Å². The van der Waals surface area contributed by atoms with E-state index in [0.29, 0.717) is 13.1 Å². The number of hydrogen-bond donors (Lipinski definition) is 0. The summed E-state index contributed by atoms with van der Waals surface area (Å²) in [6, 6.07) is 19.4. The van der Waals surface area contributed by atoms with Gasteiger partial charge in [0.1, 0.15) is 10.0 Å². The molecule has 0 spiro atoms. The SMILES string of the molecule is O=C(COc1c(Cl)c(Cl)c(Cl)c(Cl)c1Cl)N(Cc1ccccc1)Cc1ccccc1. The van der Waals surface area contributed by atoms with Gasteiger partial charge >= 0.3 is 0 Å². The molecule has 30 heavy (non-hydrogen) atoms. The highest BCUT2D eigenvalue weighted by Gasteiger charge is 2.22. The van der Waals surface area contributed by atoms with Crippen molar-refractivity contribution in [3.63, 3.8) is 0 Å². The quantitative estimate of drug-likeness (QED) is 0.246. The van der Waals surface area contributed by atoms with Crippen LogP contribution >= 0.6 is 58.0 Å². The summed E-state index contributed by atoms with van der Waals surface area (Å²) >= 11 is 30.5. The van der Waals surface area contributed by atoms with Crippen LogP contribution < -0.4 is 4.74 Å². The molecule has 0 unspecified atom stereocenters. The summed E-state index contributed by atoms with van der Waals surface area (Å²) in [5.74, 6) is -0.234. The molecule has 0 saturated heterocycles. The molecule has 0 atom stereocenters. The highest BCUT2D eigenvalue weighted by atomic mass is 35.5. The number of amides is 1. The predicted octanol–water partition coefficient (Wildman–Crippen LogP) is 7.56. The van der Waals surface area contributed by atoms with E-state index in [2.05, 4.69) is 0 Å². The lowest BCUT2D eigenvalue weighted by atomic mass is 10.1. The number of carbonyl (C=O) groups is 1. The lowest BCUT2D eigenvalue weighted by Crippen LogP contribution is -2.34. The third-order valence-electron chi connectivity index (χ3n) is 4.29. The predicted molar refractivity (Wildman–Crippen MR) is 124 cm³/mol. The molecular weight excluding hydrogens is 488 g/mol. The first-order valence-corrected chi connectivity index (χ1v) is 10.8. The minimum absolute atomic E-state index is 0.00142. The maximum Gasteiger partial charge on any atom is 0.261 e. The van der Waals surface area contributed by atoms with Gasteiger partial charge in [0.15, 0.2) is 12.4 Å². The number of benzene rings is 3. The van der Waals surface area contributed by atoms with Gasteiger partial charge in [-0.05, 0) is 11.1 Å².